The Balaban J connectivity index is 1.82. The quantitative estimate of drug-likeness (QED) is 0.850. The van der Waals surface area contributed by atoms with Gasteiger partial charge in [-0.25, -0.2) is 0 Å². The van der Waals surface area contributed by atoms with E-state index >= 15 is 0 Å². The van der Waals surface area contributed by atoms with E-state index in [4.69, 9.17) is 0 Å². The molecule has 2 nitrogen and oxygen atoms in total. The number of hydrogen-bond donors (Lipinski definition) is 1. The minimum absolute atomic E-state index is 0.309. The molecule has 2 unspecified atom stereocenters. The van der Waals surface area contributed by atoms with Gasteiger partial charge in [0, 0.05) is 35.3 Å². The summed E-state index contributed by atoms with van der Waals surface area (Å²) in [5, 5.41) is 3.83. The molecule has 1 saturated heterocycles. The number of nitrogens with one attached hydrogen (secondary N) is 1. The minimum atomic E-state index is 0.309. The normalized spacial score (nSPS) is 30.6. The van der Waals surface area contributed by atoms with Crippen LogP contribution >= 0.6 is 11.8 Å². The highest BCUT2D eigenvalue weighted by Gasteiger charge is 2.45. The predicted molar refractivity (Wildman–Crippen MR) is 88.8 cm³/mol. The van der Waals surface area contributed by atoms with Crippen molar-refractivity contribution in [2.45, 2.75) is 49.6 Å². The molecule has 0 bridgehead atoms. The first-order valence-electron chi connectivity index (χ1n) is 7.82. The first-order chi connectivity index (χ1) is 9.66. The van der Waals surface area contributed by atoms with E-state index in [1.54, 1.807) is 0 Å². The third-order valence-electron chi connectivity index (χ3n) is 5.03. The summed E-state index contributed by atoms with van der Waals surface area (Å²) in [5.41, 5.74) is 1.70. The fourth-order valence-corrected chi connectivity index (χ4v) is 3.84. The van der Waals surface area contributed by atoms with Gasteiger partial charge in [-0.05, 0) is 62.6 Å². The lowest BCUT2D eigenvalue weighted by molar-refractivity contribution is 0.252. The van der Waals surface area contributed by atoms with Crippen LogP contribution in [0.1, 0.15) is 33.1 Å². The van der Waals surface area contributed by atoms with E-state index in [1.807, 2.05) is 11.8 Å². The third kappa shape index (κ3) is 2.71. The highest BCUT2D eigenvalue weighted by molar-refractivity contribution is 7.98. The second kappa shape index (κ2) is 5.61. The molecule has 2 atom stereocenters. The molecule has 0 radical (unpaired) electrons. The Kier molecular flexibility index (Phi) is 4.00. The smallest absolute Gasteiger partial charge is 0.0412 e. The van der Waals surface area contributed by atoms with Crippen molar-refractivity contribution in [3.8, 4) is 0 Å². The lowest BCUT2D eigenvalue weighted by Gasteiger charge is -2.47. The van der Waals surface area contributed by atoms with Crippen molar-refractivity contribution in [3.05, 3.63) is 24.3 Å². The van der Waals surface area contributed by atoms with Crippen LogP contribution in [0.4, 0.5) is 5.69 Å². The molecule has 0 spiro atoms. The van der Waals surface area contributed by atoms with Gasteiger partial charge in [0.15, 0.2) is 0 Å². The zero-order chi connectivity index (χ0) is 14.2. The summed E-state index contributed by atoms with van der Waals surface area (Å²) in [5.74, 6) is 0.883. The molecule has 2 fully saturated rings. The van der Waals surface area contributed by atoms with Gasteiger partial charge in [0.2, 0.25) is 0 Å². The van der Waals surface area contributed by atoms with Crippen molar-refractivity contribution in [3.63, 3.8) is 0 Å². The topological polar surface area (TPSA) is 15.3 Å². The minimum Gasteiger partial charge on any atom is -0.365 e. The summed E-state index contributed by atoms with van der Waals surface area (Å²) in [6.45, 7) is 6.98. The number of piperazine rings is 1. The van der Waals surface area contributed by atoms with E-state index in [-0.39, 0.29) is 0 Å². The maximum Gasteiger partial charge on any atom is 0.0412 e. The second-order valence-corrected chi connectivity index (χ2v) is 7.34. The average Bonchev–Trinajstić information content (AvgIpc) is 3.32. The molecule has 3 rings (SSSR count). The second-order valence-electron chi connectivity index (χ2n) is 6.46. The monoisotopic (exact) mass is 290 g/mol. The first-order valence-corrected chi connectivity index (χ1v) is 9.04. The third-order valence-corrected chi connectivity index (χ3v) is 5.78. The molecule has 1 aliphatic heterocycles. The van der Waals surface area contributed by atoms with Gasteiger partial charge < -0.3 is 10.2 Å². The average molecular weight is 290 g/mol. The van der Waals surface area contributed by atoms with E-state index in [1.165, 1.54) is 29.8 Å². The van der Waals surface area contributed by atoms with E-state index in [0.29, 0.717) is 11.6 Å². The van der Waals surface area contributed by atoms with Crippen molar-refractivity contribution in [2.24, 2.45) is 5.92 Å². The maximum atomic E-state index is 3.83. The standard InChI is InChI=1S/C17H26N2S/c1-4-14-11-18-17(2,13-5-6-13)12-19(14)15-7-9-16(20-3)10-8-15/h7-10,13-14,18H,4-6,11-12H2,1-3H3. The summed E-state index contributed by atoms with van der Waals surface area (Å²) in [6.07, 6.45) is 6.15. The van der Waals surface area contributed by atoms with Crippen LogP contribution in [0.5, 0.6) is 0 Å². The molecule has 0 amide bonds. The van der Waals surface area contributed by atoms with Crippen LogP contribution in [-0.2, 0) is 0 Å². The van der Waals surface area contributed by atoms with Gasteiger partial charge in [0.25, 0.3) is 0 Å². The number of nitrogens with zero attached hydrogens (tertiary/aromatic N) is 1. The number of thioether (sulfide) groups is 1. The van der Waals surface area contributed by atoms with Crippen molar-refractivity contribution < 1.29 is 0 Å². The van der Waals surface area contributed by atoms with E-state index in [0.717, 1.165) is 19.0 Å². The molecule has 3 heteroatoms. The van der Waals surface area contributed by atoms with Gasteiger partial charge in [0.05, 0.1) is 0 Å². The lowest BCUT2D eigenvalue weighted by Crippen LogP contribution is -2.64. The van der Waals surface area contributed by atoms with Crippen LogP contribution in [-0.4, -0.2) is 30.9 Å². The fraction of sp³-hybridized carbons (Fsp3) is 0.647. The Morgan fingerprint density at radius 1 is 1.30 bits per heavy atom. The zero-order valence-electron chi connectivity index (χ0n) is 12.9. The number of rotatable bonds is 4. The summed E-state index contributed by atoms with van der Waals surface area (Å²) in [4.78, 5) is 3.99. The first kappa shape index (κ1) is 14.3. The van der Waals surface area contributed by atoms with E-state index in [9.17, 15) is 0 Å². The molecular formula is C17H26N2S. The summed E-state index contributed by atoms with van der Waals surface area (Å²) >= 11 is 1.81. The van der Waals surface area contributed by atoms with Gasteiger partial charge in [-0.15, -0.1) is 11.8 Å². The SMILES string of the molecule is CCC1CNC(C)(C2CC2)CN1c1ccc(SC)cc1. The Hall–Kier alpha value is -0.670. The van der Waals surface area contributed by atoms with Gasteiger partial charge in [-0.3, -0.25) is 0 Å². The van der Waals surface area contributed by atoms with Crippen LogP contribution in [0.3, 0.4) is 0 Å². The number of anilines is 1. The van der Waals surface area contributed by atoms with Crippen LogP contribution in [0.2, 0.25) is 0 Å². The van der Waals surface area contributed by atoms with Crippen molar-refractivity contribution in [2.75, 3.05) is 24.2 Å². The Morgan fingerprint density at radius 3 is 2.55 bits per heavy atom. The molecule has 1 aromatic carbocycles. The van der Waals surface area contributed by atoms with Crippen LogP contribution in [0.15, 0.2) is 29.2 Å². The molecule has 1 N–H and O–H groups in total. The summed E-state index contributed by atoms with van der Waals surface area (Å²) in [6, 6.07) is 9.73. The zero-order valence-corrected chi connectivity index (χ0v) is 13.7. The molecule has 1 saturated carbocycles. The Morgan fingerprint density at radius 2 is 2.00 bits per heavy atom. The molecule has 110 valence electrons. The van der Waals surface area contributed by atoms with Gasteiger partial charge in [-0.1, -0.05) is 6.92 Å². The molecule has 0 aromatic heterocycles. The Bertz CT molecular complexity index is 455. The molecule has 2 aliphatic rings. The number of hydrogen-bond acceptors (Lipinski definition) is 3. The van der Waals surface area contributed by atoms with Gasteiger partial charge in [-0.2, -0.15) is 0 Å². The van der Waals surface area contributed by atoms with E-state index in [2.05, 4.69) is 54.6 Å². The number of benzene rings is 1. The molecule has 20 heavy (non-hydrogen) atoms. The Labute approximate surface area is 127 Å². The van der Waals surface area contributed by atoms with Gasteiger partial charge >= 0.3 is 0 Å². The van der Waals surface area contributed by atoms with Crippen LogP contribution in [0, 0.1) is 5.92 Å². The highest BCUT2D eigenvalue weighted by Crippen LogP contribution is 2.42. The van der Waals surface area contributed by atoms with Crippen LogP contribution < -0.4 is 10.2 Å². The molecule has 1 aliphatic carbocycles. The maximum absolute atomic E-state index is 3.83. The highest BCUT2D eigenvalue weighted by atomic mass is 32.2. The predicted octanol–water partition coefficient (Wildman–Crippen LogP) is 3.77. The largest absolute Gasteiger partial charge is 0.365 e. The van der Waals surface area contributed by atoms with Gasteiger partial charge in [0.1, 0.15) is 0 Å². The molecule has 1 aromatic rings. The van der Waals surface area contributed by atoms with Crippen molar-refractivity contribution in [1.82, 2.24) is 5.32 Å². The fourth-order valence-electron chi connectivity index (χ4n) is 3.43. The van der Waals surface area contributed by atoms with E-state index < -0.39 is 0 Å². The van der Waals surface area contributed by atoms with Crippen molar-refractivity contribution >= 4 is 17.4 Å². The summed E-state index contributed by atoms with van der Waals surface area (Å²) < 4.78 is 0. The molecule has 1 heterocycles. The van der Waals surface area contributed by atoms with Crippen LogP contribution in [0.25, 0.3) is 0 Å². The lowest BCUT2D eigenvalue weighted by atomic mass is 9.90. The summed E-state index contributed by atoms with van der Waals surface area (Å²) in [7, 11) is 0. The van der Waals surface area contributed by atoms with Crippen molar-refractivity contribution in [1.29, 1.82) is 0 Å². The molecular weight excluding hydrogens is 264 g/mol.